The van der Waals surface area contributed by atoms with Crippen LogP contribution in [-0.2, 0) is 4.79 Å². The number of carboxylic acid groups (broad SMARTS) is 2. The third kappa shape index (κ3) is 4.09. The maximum Gasteiger partial charge on any atom is 0.339 e. The lowest BCUT2D eigenvalue weighted by Gasteiger charge is -2.08. The Kier molecular flexibility index (Phi) is 6.83. The lowest BCUT2D eigenvalue weighted by atomic mass is 10.0. The first-order chi connectivity index (χ1) is 9.38. The van der Waals surface area contributed by atoms with E-state index >= 15 is 0 Å². The molecule has 2 aromatic carbocycles. The van der Waals surface area contributed by atoms with Crippen molar-refractivity contribution < 1.29 is 29.3 Å². The van der Waals surface area contributed by atoms with E-state index in [-0.39, 0.29) is 41.7 Å². The third-order valence-electron chi connectivity index (χ3n) is 2.67. The molecule has 6 nitrogen and oxygen atoms in total. The van der Waals surface area contributed by atoms with Gasteiger partial charge in [0, 0.05) is 6.92 Å². The van der Waals surface area contributed by atoms with Gasteiger partial charge in [-0.1, -0.05) is 6.07 Å². The van der Waals surface area contributed by atoms with Crippen LogP contribution in [0.5, 0.6) is 5.75 Å². The highest BCUT2D eigenvalue weighted by atomic mass is 35.5. The molecule has 0 bridgehead atoms. The first kappa shape index (κ1) is 19.7. The lowest BCUT2D eigenvalue weighted by molar-refractivity contribution is -0.131. The van der Waals surface area contributed by atoms with E-state index in [0.717, 1.165) is 0 Å². The van der Waals surface area contributed by atoms with Gasteiger partial charge in [0.15, 0.2) is 0 Å². The van der Waals surface area contributed by atoms with Crippen LogP contribution < -0.4 is 4.74 Å². The molecule has 0 saturated carbocycles. The Morgan fingerprint density at radius 3 is 2.05 bits per heavy atom. The summed E-state index contributed by atoms with van der Waals surface area (Å²) in [5.41, 5.74) is -0.149. The molecule has 2 N–H and O–H groups in total. The molecule has 2 aromatic rings. The molecule has 0 spiro atoms. The summed E-state index contributed by atoms with van der Waals surface area (Å²) in [5.74, 6) is -3.06. The van der Waals surface area contributed by atoms with E-state index in [4.69, 9.17) is 14.9 Å². The van der Waals surface area contributed by atoms with Gasteiger partial charge in [-0.05, 0) is 35.0 Å². The minimum atomic E-state index is -1.26. The monoisotopic (exact) mass is 346 g/mol. The van der Waals surface area contributed by atoms with Crippen LogP contribution in [-0.4, -0.2) is 28.1 Å². The number of esters is 1. The molecule has 0 atom stereocenters. The lowest BCUT2D eigenvalue weighted by Crippen LogP contribution is -2.07. The van der Waals surface area contributed by atoms with Crippen LogP contribution in [0, 0.1) is 0 Å². The number of carbonyl (C=O) groups is 3. The Morgan fingerprint density at radius 2 is 1.55 bits per heavy atom. The van der Waals surface area contributed by atoms with Gasteiger partial charge < -0.3 is 14.9 Å². The number of ether oxygens (including phenoxy) is 1. The van der Waals surface area contributed by atoms with Crippen molar-refractivity contribution in [3.05, 3.63) is 41.5 Å². The fourth-order valence-corrected chi connectivity index (χ4v) is 1.82. The van der Waals surface area contributed by atoms with Crippen molar-refractivity contribution >= 4 is 53.5 Å². The molecule has 8 heteroatoms. The van der Waals surface area contributed by atoms with Gasteiger partial charge >= 0.3 is 17.9 Å². The number of benzene rings is 2. The zero-order valence-corrected chi connectivity index (χ0v) is 12.9. The van der Waals surface area contributed by atoms with Crippen molar-refractivity contribution in [1.82, 2.24) is 0 Å². The van der Waals surface area contributed by atoms with Crippen molar-refractivity contribution in [1.29, 1.82) is 0 Å². The van der Waals surface area contributed by atoms with Crippen LogP contribution in [0.4, 0.5) is 0 Å². The molecule has 118 valence electrons. The van der Waals surface area contributed by atoms with Crippen LogP contribution in [0.3, 0.4) is 0 Å². The number of hydrogen-bond donors (Lipinski definition) is 2. The van der Waals surface area contributed by atoms with Crippen molar-refractivity contribution in [2.24, 2.45) is 0 Å². The molecule has 0 unspecified atom stereocenters. The quantitative estimate of drug-likeness (QED) is 0.654. The second-order valence-electron chi connectivity index (χ2n) is 4.11. The van der Waals surface area contributed by atoms with Gasteiger partial charge in [0.1, 0.15) is 11.3 Å². The van der Waals surface area contributed by atoms with E-state index < -0.39 is 17.9 Å². The topological polar surface area (TPSA) is 101 Å². The molecule has 22 heavy (non-hydrogen) atoms. The standard InChI is InChI=1S/C14H10O6.2ClH/c1-7(15)20-12-6-8-2-3-9(13(16)17)4-10(8)5-11(12)14(18)19;;/h2-6H,1H3,(H,16,17)(H,18,19);2*1H. The maximum absolute atomic E-state index is 11.2. The summed E-state index contributed by atoms with van der Waals surface area (Å²) in [6, 6.07) is 6.95. The Bertz CT molecular complexity index is 741. The Balaban J connectivity index is 0.00000220. The first-order valence-electron chi connectivity index (χ1n) is 5.61. The largest absolute Gasteiger partial charge is 0.478 e. The minimum Gasteiger partial charge on any atom is -0.478 e. The van der Waals surface area contributed by atoms with Gasteiger partial charge in [0.05, 0.1) is 5.56 Å². The molecular weight excluding hydrogens is 335 g/mol. The molecule has 2 rings (SSSR count). The average molecular weight is 347 g/mol. The molecule has 0 aliphatic rings. The predicted octanol–water partition coefficient (Wildman–Crippen LogP) is 3.01. The molecule has 0 aliphatic carbocycles. The second kappa shape index (κ2) is 7.63. The molecule has 0 aliphatic heterocycles. The summed E-state index contributed by atoms with van der Waals surface area (Å²) in [6.45, 7) is 1.17. The van der Waals surface area contributed by atoms with E-state index in [9.17, 15) is 14.4 Å². The smallest absolute Gasteiger partial charge is 0.339 e. The van der Waals surface area contributed by atoms with Crippen LogP contribution >= 0.6 is 24.8 Å². The fraction of sp³-hybridized carbons (Fsp3) is 0.0714. The number of rotatable bonds is 3. The number of fused-ring (bicyclic) bond motifs is 1. The van der Waals surface area contributed by atoms with E-state index in [1.807, 2.05) is 0 Å². The number of hydrogen-bond acceptors (Lipinski definition) is 4. The van der Waals surface area contributed by atoms with Gasteiger partial charge in [-0.2, -0.15) is 0 Å². The highest BCUT2D eigenvalue weighted by Gasteiger charge is 2.15. The first-order valence-corrected chi connectivity index (χ1v) is 5.61. The van der Waals surface area contributed by atoms with E-state index in [1.165, 1.54) is 37.3 Å². The average Bonchev–Trinajstić information content (AvgIpc) is 2.36. The summed E-state index contributed by atoms with van der Waals surface area (Å²) in [4.78, 5) is 33.0. The number of halogens is 2. The van der Waals surface area contributed by atoms with Gasteiger partial charge in [-0.25, -0.2) is 9.59 Å². The normalized spacial score (nSPS) is 9.32. The van der Waals surface area contributed by atoms with E-state index in [1.54, 1.807) is 0 Å². The van der Waals surface area contributed by atoms with E-state index in [0.29, 0.717) is 10.8 Å². The van der Waals surface area contributed by atoms with Gasteiger partial charge in [0.2, 0.25) is 0 Å². The molecule has 0 heterocycles. The van der Waals surface area contributed by atoms with Crippen LogP contribution in [0.25, 0.3) is 10.8 Å². The number of carboxylic acids is 2. The van der Waals surface area contributed by atoms with Crippen molar-refractivity contribution in [3.8, 4) is 5.75 Å². The zero-order chi connectivity index (χ0) is 14.9. The highest BCUT2D eigenvalue weighted by molar-refractivity contribution is 6.00. The number of aromatic carboxylic acids is 2. The van der Waals surface area contributed by atoms with Gasteiger partial charge in [-0.15, -0.1) is 24.8 Å². The minimum absolute atomic E-state index is 0. The Hall–Kier alpha value is -2.31. The summed E-state index contributed by atoms with van der Waals surface area (Å²) >= 11 is 0. The maximum atomic E-state index is 11.2. The van der Waals surface area contributed by atoms with Crippen molar-refractivity contribution in [2.45, 2.75) is 6.92 Å². The van der Waals surface area contributed by atoms with Crippen LogP contribution in [0.1, 0.15) is 27.6 Å². The fourth-order valence-electron chi connectivity index (χ4n) is 1.82. The molecule has 0 radical (unpaired) electrons. The summed E-state index contributed by atoms with van der Waals surface area (Å²) < 4.78 is 4.86. The van der Waals surface area contributed by atoms with Gasteiger partial charge in [0.25, 0.3) is 0 Å². The zero-order valence-electron chi connectivity index (χ0n) is 11.2. The molecule has 0 saturated heterocycles. The van der Waals surface area contributed by atoms with Gasteiger partial charge in [-0.3, -0.25) is 4.79 Å². The Morgan fingerprint density at radius 1 is 0.909 bits per heavy atom. The summed E-state index contributed by atoms with van der Waals surface area (Å²) in [7, 11) is 0. The van der Waals surface area contributed by atoms with E-state index in [2.05, 4.69) is 0 Å². The molecular formula is C14H12Cl2O6. The SMILES string of the molecule is CC(=O)Oc1cc2ccc(C(=O)O)cc2cc1C(=O)O.Cl.Cl. The highest BCUT2D eigenvalue weighted by Crippen LogP contribution is 2.27. The number of carbonyl (C=O) groups excluding carboxylic acids is 1. The molecule has 0 amide bonds. The predicted molar refractivity (Wildman–Crippen MR) is 83.7 cm³/mol. The van der Waals surface area contributed by atoms with Crippen molar-refractivity contribution in [3.63, 3.8) is 0 Å². The second-order valence-corrected chi connectivity index (χ2v) is 4.11. The van der Waals surface area contributed by atoms with Crippen LogP contribution in [0.2, 0.25) is 0 Å². The van der Waals surface area contributed by atoms with Crippen LogP contribution in [0.15, 0.2) is 30.3 Å². The summed E-state index contributed by atoms with van der Waals surface area (Å²) in [6.07, 6.45) is 0. The Labute approximate surface area is 137 Å². The summed E-state index contributed by atoms with van der Waals surface area (Å²) in [5, 5.41) is 19.0. The third-order valence-corrected chi connectivity index (χ3v) is 2.67. The molecule has 0 fully saturated rings. The molecule has 0 aromatic heterocycles. The van der Waals surface area contributed by atoms with Crippen molar-refractivity contribution in [2.75, 3.05) is 0 Å².